The highest BCUT2D eigenvalue weighted by Gasteiger charge is 2.30. The second-order valence-corrected chi connectivity index (χ2v) is 7.85. The Hall–Kier alpha value is -3.33. The Morgan fingerprint density at radius 1 is 1.23 bits per heavy atom. The van der Waals surface area contributed by atoms with Crippen molar-refractivity contribution in [2.75, 3.05) is 12.1 Å². The van der Waals surface area contributed by atoms with E-state index in [1.807, 2.05) is 30.3 Å². The lowest BCUT2D eigenvalue weighted by Crippen LogP contribution is -2.41. The number of hydrogen-bond donors (Lipinski definition) is 2. The normalized spacial score (nSPS) is 19.2. The average molecular weight is 424 g/mol. The summed E-state index contributed by atoms with van der Waals surface area (Å²) in [6.45, 7) is 2.27. The fourth-order valence-corrected chi connectivity index (χ4v) is 3.86. The fourth-order valence-electron chi connectivity index (χ4n) is 2.93. The number of nitrogens with one attached hydrogen (secondary N) is 2. The minimum absolute atomic E-state index is 0.0778. The van der Waals surface area contributed by atoms with Crippen LogP contribution in [0.15, 0.2) is 52.7 Å². The zero-order valence-corrected chi connectivity index (χ0v) is 17.1. The summed E-state index contributed by atoms with van der Waals surface area (Å²) in [6.07, 6.45) is 2.55. The Bertz CT molecular complexity index is 1020. The van der Waals surface area contributed by atoms with E-state index in [1.54, 1.807) is 18.3 Å². The van der Waals surface area contributed by atoms with Gasteiger partial charge in [0.25, 0.3) is 0 Å². The Balaban J connectivity index is 1.39. The first-order chi connectivity index (χ1) is 14.6. The predicted molar refractivity (Wildman–Crippen MR) is 116 cm³/mol. The number of aryl methyl sites for hydroxylation is 1. The highest BCUT2D eigenvalue weighted by atomic mass is 32.2. The van der Waals surface area contributed by atoms with Gasteiger partial charge in [-0.2, -0.15) is 5.10 Å². The van der Waals surface area contributed by atoms with Crippen LogP contribution in [0.25, 0.3) is 0 Å². The Morgan fingerprint density at radius 3 is 2.83 bits per heavy atom. The number of anilines is 1. The highest BCUT2D eigenvalue weighted by molar-refractivity contribution is 8.15. The minimum Gasteiger partial charge on any atom is -0.454 e. The summed E-state index contributed by atoms with van der Waals surface area (Å²) in [4.78, 5) is 24.6. The van der Waals surface area contributed by atoms with E-state index in [9.17, 15) is 9.59 Å². The summed E-state index contributed by atoms with van der Waals surface area (Å²) in [6, 6.07) is 13.1. The van der Waals surface area contributed by atoms with Gasteiger partial charge in [-0.05, 0) is 47.9 Å². The first kappa shape index (κ1) is 20.0. The van der Waals surface area contributed by atoms with E-state index in [4.69, 9.17) is 9.47 Å². The van der Waals surface area contributed by atoms with Crippen molar-refractivity contribution in [2.45, 2.75) is 25.0 Å². The molecule has 0 aliphatic carbocycles. The monoisotopic (exact) mass is 424 g/mol. The van der Waals surface area contributed by atoms with Crippen LogP contribution < -0.4 is 20.1 Å². The summed E-state index contributed by atoms with van der Waals surface area (Å²) in [7, 11) is 0. The van der Waals surface area contributed by atoms with E-state index in [0.29, 0.717) is 17.2 Å². The van der Waals surface area contributed by atoms with Crippen molar-refractivity contribution in [3.63, 3.8) is 0 Å². The van der Waals surface area contributed by atoms with Gasteiger partial charge in [0.2, 0.25) is 18.6 Å². The molecule has 2 aromatic rings. The SMILES string of the molecule is CCc1ccc(NC(=O)C2CC(=O)NC(=N/N=C/c3ccc4c(c3)OCO4)S2)cc1. The third kappa shape index (κ3) is 4.80. The number of nitrogens with zero attached hydrogens (tertiary/aromatic N) is 2. The van der Waals surface area contributed by atoms with Crippen molar-refractivity contribution < 1.29 is 19.1 Å². The summed E-state index contributed by atoms with van der Waals surface area (Å²) in [5, 5.41) is 13.3. The standard InChI is InChI=1S/C21H20N4O4S/c1-2-13-3-6-15(7-4-13)23-20(27)18-10-19(26)24-21(30-18)25-22-11-14-5-8-16-17(9-14)29-12-28-16/h3-9,11,18H,2,10,12H2,1H3,(H,23,27)(H,24,25,26)/b22-11+. The summed E-state index contributed by atoms with van der Waals surface area (Å²) in [5.41, 5.74) is 2.66. The molecular formula is C21H20N4O4S. The number of carbonyl (C=O) groups is 2. The number of ether oxygens (including phenoxy) is 2. The van der Waals surface area contributed by atoms with E-state index in [0.717, 1.165) is 12.0 Å². The zero-order valence-electron chi connectivity index (χ0n) is 16.3. The van der Waals surface area contributed by atoms with Gasteiger partial charge in [0.1, 0.15) is 5.25 Å². The van der Waals surface area contributed by atoms with Crippen LogP contribution in [0.5, 0.6) is 11.5 Å². The lowest BCUT2D eigenvalue weighted by atomic mass is 10.1. The molecule has 0 bridgehead atoms. The lowest BCUT2D eigenvalue weighted by Gasteiger charge is -2.21. The van der Waals surface area contributed by atoms with Crippen molar-refractivity contribution in [2.24, 2.45) is 10.2 Å². The van der Waals surface area contributed by atoms with Crippen LogP contribution in [0.3, 0.4) is 0 Å². The van der Waals surface area contributed by atoms with Gasteiger partial charge in [0, 0.05) is 12.1 Å². The Kier molecular flexibility index (Phi) is 5.99. The number of amides is 2. The molecule has 30 heavy (non-hydrogen) atoms. The van der Waals surface area contributed by atoms with Gasteiger partial charge >= 0.3 is 0 Å². The molecule has 2 heterocycles. The maximum Gasteiger partial charge on any atom is 0.238 e. The van der Waals surface area contributed by atoms with Crippen LogP contribution in [0.2, 0.25) is 0 Å². The molecule has 4 rings (SSSR count). The zero-order chi connectivity index (χ0) is 20.9. The molecule has 2 aliphatic heterocycles. The molecular weight excluding hydrogens is 404 g/mol. The highest BCUT2D eigenvalue weighted by Crippen LogP contribution is 2.32. The van der Waals surface area contributed by atoms with Gasteiger partial charge in [-0.15, -0.1) is 5.10 Å². The van der Waals surface area contributed by atoms with E-state index in [2.05, 4.69) is 27.8 Å². The molecule has 2 aromatic carbocycles. The van der Waals surface area contributed by atoms with Crippen LogP contribution in [0.1, 0.15) is 24.5 Å². The number of thioether (sulfide) groups is 1. The first-order valence-corrected chi connectivity index (χ1v) is 10.4. The molecule has 9 heteroatoms. The van der Waals surface area contributed by atoms with Gasteiger partial charge < -0.3 is 20.1 Å². The van der Waals surface area contributed by atoms with Crippen LogP contribution in [-0.4, -0.2) is 35.2 Å². The van der Waals surface area contributed by atoms with Crippen LogP contribution >= 0.6 is 11.8 Å². The maximum atomic E-state index is 12.6. The van der Waals surface area contributed by atoms with Gasteiger partial charge in [-0.25, -0.2) is 0 Å². The molecule has 0 aromatic heterocycles. The number of benzene rings is 2. The van der Waals surface area contributed by atoms with Crippen molar-refractivity contribution in [1.82, 2.24) is 5.32 Å². The van der Waals surface area contributed by atoms with Gasteiger partial charge in [0.15, 0.2) is 16.7 Å². The van der Waals surface area contributed by atoms with Crippen molar-refractivity contribution in [3.05, 3.63) is 53.6 Å². The molecule has 2 amide bonds. The quantitative estimate of drug-likeness (QED) is 0.568. The van der Waals surface area contributed by atoms with Crippen LogP contribution in [-0.2, 0) is 16.0 Å². The molecule has 0 radical (unpaired) electrons. The Labute approximate surface area is 177 Å². The molecule has 2 N–H and O–H groups in total. The number of carbonyl (C=O) groups excluding carboxylic acids is 2. The predicted octanol–water partition coefficient (Wildman–Crippen LogP) is 2.93. The fraction of sp³-hybridized carbons (Fsp3) is 0.238. The molecule has 0 spiro atoms. The van der Waals surface area contributed by atoms with Crippen molar-refractivity contribution in [3.8, 4) is 11.5 Å². The maximum absolute atomic E-state index is 12.6. The molecule has 1 saturated heterocycles. The summed E-state index contributed by atoms with van der Waals surface area (Å²) < 4.78 is 10.6. The van der Waals surface area contributed by atoms with Gasteiger partial charge in [0.05, 0.1) is 6.21 Å². The van der Waals surface area contributed by atoms with Crippen molar-refractivity contribution >= 4 is 40.6 Å². The second kappa shape index (κ2) is 9.00. The topological polar surface area (TPSA) is 101 Å². The summed E-state index contributed by atoms with van der Waals surface area (Å²) >= 11 is 1.17. The molecule has 1 unspecified atom stereocenters. The lowest BCUT2D eigenvalue weighted by molar-refractivity contribution is -0.123. The van der Waals surface area contributed by atoms with E-state index < -0.39 is 5.25 Å². The molecule has 154 valence electrons. The van der Waals surface area contributed by atoms with E-state index in [-0.39, 0.29) is 30.2 Å². The number of hydrogen-bond acceptors (Lipinski definition) is 7. The number of amidine groups is 1. The molecule has 8 nitrogen and oxygen atoms in total. The Morgan fingerprint density at radius 2 is 2.03 bits per heavy atom. The average Bonchev–Trinajstić information content (AvgIpc) is 3.22. The minimum atomic E-state index is -0.580. The smallest absolute Gasteiger partial charge is 0.238 e. The van der Waals surface area contributed by atoms with E-state index in [1.165, 1.54) is 17.3 Å². The van der Waals surface area contributed by atoms with Crippen LogP contribution in [0.4, 0.5) is 5.69 Å². The summed E-state index contributed by atoms with van der Waals surface area (Å²) in [5.74, 6) is 0.821. The van der Waals surface area contributed by atoms with Gasteiger partial charge in [-0.3, -0.25) is 9.59 Å². The molecule has 2 aliphatic rings. The van der Waals surface area contributed by atoms with E-state index >= 15 is 0 Å². The molecule has 1 fully saturated rings. The molecule has 0 saturated carbocycles. The third-order valence-electron chi connectivity index (χ3n) is 4.55. The largest absolute Gasteiger partial charge is 0.454 e. The van der Waals surface area contributed by atoms with Crippen LogP contribution in [0, 0.1) is 0 Å². The van der Waals surface area contributed by atoms with Gasteiger partial charge in [-0.1, -0.05) is 30.8 Å². The first-order valence-electron chi connectivity index (χ1n) is 9.47. The number of rotatable bonds is 5. The number of fused-ring (bicyclic) bond motifs is 1. The second-order valence-electron chi connectivity index (χ2n) is 6.66. The molecule has 1 atom stereocenters. The third-order valence-corrected chi connectivity index (χ3v) is 5.62. The van der Waals surface area contributed by atoms with Crippen molar-refractivity contribution in [1.29, 1.82) is 0 Å².